The smallest absolute Gasteiger partial charge is 0.407 e. The Kier molecular flexibility index (Phi) is 4.73. The maximum atomic E-state index is 11.5. The molecule has 1 aromatic heterocycles. The van der Waals surface area contributed by atoms with Gasteiger partial charge >= 0.3 is 6.09 Å². The number of aromatic nitrogens is 1. The maximum absolute atomic E-state index is 11.5. The molecule has 6 nitrogen and oxygen atoms in total. The molecule has 120 valence electrons. The highest BCUT2D eigenvalue weighted by Gasteiger charge is 2.21. The number of hydrogen-bond donors (Lipinski definition) is 4. The van der Waals surface area contributed by atoms with Crippen molar-refractivity contribution in [2.75, 3.05) is 6.54 Å². The fourth-order valence-corrected chi connectivity index (χ4v) is 2.09. The zero-order valence-electron chi connectivity index (χ0n) is 13.0. The molecule has 0 spiro atoms. The summed E-state index contributed by atoms with van der Waals surface area (Å²) in [5.74, 6) is 0. The van der Waals surface area contributed by atoms with Crippen molar-refractivity contribution in [3.63, 3.8) is 0 Å². The number of carbonyl (C=O) groups excluding carboxylic acids is 1. The van der Waals surface area contributed by atoms with Gasteiger partial charge in [-0.25, -0.2) is 4.79 Å². The van der Waals surface area contributed by atoms with Crippen LogP contribution < -0.4 is 5.32 Å². The van der Waals surface area contributed by atoms with E-state index < -0.39 is 23.9 Å². The van der Waals surface area contributed by atoms with Crippen LogP contribution in [-0.4, -0.2) is 39.5 Å². The van der Waals surface area contributed by atoms with Gasteiger partial charge in [-0.15, -0.1) is 0 Å². The van der Waals surface area contributed by atoms with Crippen molar-refractivity contribution in [2.24, 2.45) is 0 Å². The molecule has 0 saturated heterocycles. The summed E-state index contributed by atoms with van der Waals surface area (Å²) in [6.45, 7) is 5.16. The van der Waals surface area contributed by atoms with E-state index in [1.807, 2.05) is 12.1 Å². The zero-order valence-corrected chi connectivity index (χ0v) is 13.0. The lowest BCUT2D eigenvalue weighted by atomic mass is 10.0. The molecule has 1 aromatic carbocycles. The van der Waals surface area contributed by atoms with Crippen molar-refractivity contribution in [1.82, 2.24) is 10.3 Å². The van der Waals surface area contributed by atoms with E-state index in [0.29, 0.717) is 5.56 Å². The Morgan fingerprint density at radius 1 is 1.32 bits per heavy atom. The average molecular weight is 306 g/mol. The normalized spacial score (nSPS) is 14.6. The van der Waals surface area contributed by atoms with E-state index in [1.54, 1.807) is 39.1 Å². The van der Waals surface area contributed by atoms with Crippen molar-refractivity contribution >= 4 is 17.0 Å². The van der Waals surface area contributed by atoms with Gasteiger partial charge in [-0.05, 0) is 43.9 Å². The van der Waals surface area contributed by atoms with E-state index in [9.17, 15) is 15.0 Å². The third kappa shape index (κ3) is 4.22. The Hall–Kier alpha value is -2.05. The number of aliphatic hydroxyl groups excluding tert-OH is 2. The lowest BCUT2D eigenvalue weighted by Crippen LogP contribution is -2.38. The minimum atomic E-state index is -1.13. The molecule has 0 aliphatic carbocycles. The molecule has 2 unspecified atom stereocenters. The molecule has 2 rings (SSSR count). The fourth-order valence-electron chi connectivity index (χ4n) is 2.09. The number of rotatable bonds is 4. The van der Waals surface area contributed by atoms with E-state index in [4.69, 9.17) is 4.74 Å². The predicted octanol–water partition coefficient (Wildman–Crippen LogP) is 2.09. The number of ether oxygens (including phenoxy) is 1. The topological polar surface area (TPSA) is 94.6 Å². The number of H-pyrrole nitrogens is 1. The molecule has 0 fully saturated rings. The largest absolute Gasteiger partial charge is 0.444 e. The number of alkyl carbamates (subject to hydrolysis) is 1. The molecular weight excluding hydrogens is 284 g/mol. The molecule has 2 aromatic rings. The van der Waals surface area contributed by atoms with Gasteiger partial charge in [0.2, 0.25) is 0 Å². The molecule has 2 atom stereocenters. The van der Waals surface area contributed by atoms with Crippen molar-refractivity contribution in [2.45, 2.75) is 38.6 Å². The number of nitrogens with one attached hydrogen (secondary N) is 2. The highest BCUT2D eigenvalue weighted by molar-refractivity contribution is 5.80. The Balaban J connectivity index is 1.94. The molecule has 22 heavy (non-hydrogen) atoms. The maximum Gasteiger partial charge on any atom is 0.407 e. The van der Waals surface area contributed by atoms with Crippen molar-refractivity contribution in [1.29, 1.82) is 0 Å². The fraction of sp³-hybridized carbons (Fsp3) is 0.438. The molecule has 0 aliphatic rings. The molecular formula is C16H22N2O4. The summed E-state index contributed by atoms with van der Waals surface area (Å²) in [6.07, 6.45) is -1.04. The first-order valence-electron chi connectivity index (χ1n) is 7.16. The summed E-state index contributed by atoms with van der Waals surface area (Å²) >= 11 is 0. The zero-order chi connectivity index (χ0) is 16.3. The van der Waals surface area contributed by atoms with Gasteiger partial charge in [0.15, 0.2) is 0 Å². The Bertz CT molecular complexity index is 645. The van der Waals surface area contributed by atoms with Crippen LogP contribution in [0.1, 0.15) is 32.4 Å². The summed E-state index contributed by atoms with van der Waals surface area (Å²) in [5.41, 5.74) is 0.851. The van der Waals surface area contributed by atoms with Crippen LogP contribution in [0.2, 0.25) is 0 Å². The number of carbonyl (C=O) groups is 1. The highest BCUT2D eigenvalue weighted by Crippen LogP contribution is 2.21. The van der Waals surface area contributed by atoms with Crippen molar-refractivity contribution in [3.8, 4) is 0 Å². The summed E-state index contributed by atoms with van der Waals surface area (Å²) in [7, 11) is 0. The van der Waals surface area contributed by atoms with Crippen LogP contribution in [0.3, 0.4) is 0 Å². The quantitative estimate of drug-likeness (QED) is 0.695. The number of aliphatic hydroxyl groups is 2. The van der Waals surface area contributed by atoms with Gasteiger partial charge < -0.3 is 25.3 Å². The van der Waals surface area contributed by atoms with E-state index >= 15 is 0 Å². The number of benzene rings is 1. The van der Waals surface area contributed by atoms with Crippen LogP contribution in [0.25, 0.3) is 10.9 Å². The summed E-state index contributed by atoms with van der Waals surface area (Å²) < 4.78 is 5.07. The molecule has 6 heteroatoms. The van der Waals surface area contributed by atoms with Gasteiger partial charge in [0, 0.05) is 18.3 Å². The Morgan fingerprint density at radius 3 is 2.73 bits per heavy atom. The van der Waals surface area contributed by atoms with Gasteiger partial charge in [0.1, 0.15) is 17.8 Å². The van der Waals surface area contributed by atoms with E-state index in [2.05, 4.69) is 10.3 Å². The second-order valence-electron chi connectivity index (χ2n) is 6.22. The van der Waals surface area contributed by atoms with Crippen LogP contribution >= 0.6 is 0 Å². The molecule has 4 N–H and O–H groups in total. The van der Waals surface area contributed by atoms with E-state index in [-0.39, 0.29) is 6.54 Å². The van der Waals surface area contributed by atoms with Gasteiger partial charge in [-0.1, -0.05) is 12.1 Å². The van der Waals surface area contributed by atoms with Crippen molar-refractivity contribution < 1.29 is 19.7 Å². The van der Waals surface area contributed by atoms with Crippen LogP contribution in [-0.2, 0) is 4.74 Å². The summed E-state index contributed by atoms with van der Waals surface area (Å²) in [6, 6.07) is 7.30. The number of aromatic amines is 1. The lowest BCUT2D eigenvalue weighted by Gasteiger charge is -2.22. The monoisotopic (exact) mass is 306 g/mol. The molecule has 0 saturated carbocycles. The highest BCUT2D eigenvalue weighted by atomic mass is 16.6. The molecule has 0 radical (unpaired) electrons. The van der Waals surface area contributed by atoms with Gasteiger partial charge in [-0.2, -0.15) is 0 Å². The Labute approximate surface area is 129 Å². The third-order valence-corrected chi connectivity index (χ3v) is 3.14. The first-order valence-corrected chi connectivity index (χ1v) is 7.16. The predicted molar refractivity (Wildman–Crippen MR) is 83.5 cm³/mol. The molecule has 1 amide bonds. The standard InChI is InChI=1S/C16H22N2O4/c1-16(2,3)22-15(21)18-9-13(19)14(20)11-5-4-10-6-7-17-12(10)8-11/h4-8,13-14,17,19-20H,9H2,1-3H3,(H,18,21). The van der Waals surface area contributed by atoms with Gasteiger partial charge in [0.25, 0.3) is 0 Å². The van der Waals surface area contributed by atoms with E-state index in [1.165, 1.54) is 0 Å². The van der Waals surface area contributed by atoms with Crippen molar-refractivity contribution in [3.05, 3.63) is 36.0 Å². The minimum absolute atomic E-state index is 0.0984. The number of amides is 1. The number of fused-ring (bicyclic) bond motifs is 1. The average Bonchev–Trinajstić information content (AvgIpc) is 2.89. The molecule has 0 aliphatic heterocycles. The van der Waals surface area contributed by atoms with Gasteiger partial charge in [-0.3, -0.25) is 0 Å². The van der Waals surface area contributed by atoms with Crippen LogP contribution in [0.4, 0.5) is 4.79 Å². The SMILES string of the molecule is CC(C)(C)OC(=O)NCC(O)C(O)c1ccc2cc[nH]c2c1. The van der Waals surface area contributed by atoms with Crippen LogP contribution in [0.5, 0.6) is 0 Å². The Morgan fingerprint density at radius 2 is 2.05 bits per heavy atom. The first-order chi connectivity index (χ1) is 10.3. The summed E-state index contributed by atoms with van der Waals surface area (Å²) in [4.78, 5) is 14.6. The lowest BCUT2D eigenvalue weighted by molar-refractivity contribution is 0.0130. The summed E-state index contributed by atoms with van der Waals surface area (Å²) in [5, 5.41) is 23.7. The molecule has 1 heterocycles. The third-order valence-electron chi connectivity index (χ3n) is 3.14. The van der Waals surface area contributed by atoms with E-state index in [0.717, 1.165) is 10.9 Å². The number of hydrogen-bond acceptors (Lipinski definition) is 4. The van der Waals surface area contributed by atoms with Crippen LogP contribution in [0, 0.1) is 0 Å². The first kappa shape index (κ1) is 16.3. The second-order valence-corrected chi connectivity index (χ2v) is 6.22. The second kappa shape index (κ2) is 6.37. The molecule has 0 bridgehead atoms. The van der Waals surface area contributed by atoms with Gasteiger partial charge in [0.05, 0.1) is 0 Å². The minimum Gasteiger partial charge on any atom is -0.444 e. The van der Waals surface area contributed by atoms with Crippen LogP contribution in [0.15, 0.2) is 30.5 Å².